The van der Waals surface area contributed by atoms with Crippen molar-refractivity contribution in [2.75, 3.05) is 6.54 Å². The first-order valence-electron chi connectivity index (χ1n) is 5.75. The van der Waals surface area contributed by atoms with Crippen molar-refractivity contribution in [3.63, 3.8) is 0 Å². The number of benzene rings is 1. The summed E-state index contributed by atoms with van der Waals surface area (Å²) < 4.78 is 13.0. The van der Waals surface area contributed by atoms with Crippen molar-refractivity contribution in [1.82, 2.24) is 5.32 Å². The summed E-state index contributed by atoms with van der Waals surface area (Å²) in [4.78, 5) is 0. The number of nitrogens with one attached hydrogen (secondary N) is 1. The molecule has 17 heavy (non-hydrogen) atoms. The van der Waals surface area contributed by atoms with Crippen LogP contribution in [0.5, 0.6) is 0 Å². The van der Waals surface area contributed by atoms with Gasteiger partial charge in [0.05, 0.1) is 0 Å². The lowest BCUT2D eigenvalue weighted by Crippen LogP contribution is -2.20. The Kier molecular flexibility index (Phi) is 4.29. The smallest absolute Gasteiger partial charge is 0.123 e. The Morgan fingerprint density at radius 2 is 2.24 bits per heavy atom. The van der Waals surface area contributed by atoms with Gasteiger partial charge in [0, 0.05) is 6.04 Å². The molecule has 2 rings (SSSR count). The fraction of sp³-hybridized carbons (Fsp3) is 0.286. The highest BCUT2D eigenvalue weighted by atomic mass is 32.1. The zero-order valence-corrected chi connectivity index (χ0v) is 10.6. The van der Waals surface area contributed by atoms with Crippen LogP contribution in [0.25, 0.3) is 0 Å². The average molecular weight is 249 g/mol. The second-order valence-corrected chi connectivity index (χ2v) is 4.89. The number of hydrogen-bond donors (Lipinski definition) is 1. The molecular formula is C14H16FNS. The van der Waals surface area contributed by atoms with Crippen molar-refractivity contribution >= 4 is 11.3 Å². The standard InChI is InChI=1S/C14H16FNS/c1-11(13-6-8-17-10-13)16-7-5-12-3-2-4-14(15)9-12/h2-4,6,8-11,16H,5,7H2,1H3. The average Bonchev–Trinajstić information content (AvgIpc) is 2.82. The Hall–Kier alpha value is -1.19. The van der Waals surface area contributed by atoms with E-state index in [0.29, 0.717) is 6.04 Å². The molecular weight excluding hydrogens is 233 g/mol. The number of thiophene rings is 1. The Morgan fingerprint density at radius 1 is 1.35 bits per heavy atom. The third kappa shape index (κ3) is 3.65. The normalized spacial score (nSPS) is 12.6. The summed E-state index contributed by atoms with van der Waals surface area (Å²) in [5, 5.41) is 7.67. The topological polar surface area (TPSA) is 12.0 Å². The minimum Gasteiger partial charge on any atom is -0.310 e. The summed E-state index contributed by atoms with van der Waals surface area (Å²) in [6, 6.07) is 9.27. The molecule has 1 heterocycles. The van der Waals surface area contributed by atoms with E-state index in [-0.39, 0.29) is 5.82 Å². The highest BCUT2D eigenvalue weighted by Gasteiger charge is 2.04. The molecule has 0 saturated carbocycles. The van der Waals surface area contributed by atoms with Gasteiger partial charge in [0.1, 0.15) is 5.82 Å². The Bertz CT molecular complexity index is 453. The van der Waals surface area contributed by atoms with Crippen LogP contribution >= 0.6 is 11.3 Å². The number of hydrogen-bond acceptors (Lipinski definition) is 2. The van der Waals surface area contributed by atoms with Gasteiger partial charge < -0.3 is 5.32 Å². The van der Waals surface area contributed by atoms with Gasteiger partial charge in [0.2, 0.25) is 0 Å². The maximum atomic E-state index is 13.0. The summed E-state index contributed by atoms with van der Waals surface area (Å²) in [6.07, 6.45) is 0.853. The van der Waals surface area contributed by atoms with Crippen LogP contribution in [0.15, 0.2) is 41.1 Å². The third-order valence-electron chi connectivity index (χ3n) is 2.80. The molecule has 1 aromatic carbocycles. The fourth-order valence-electron chi connectivity index (χ4n) is 1.76. The lowest BCUT2D eigenvalue weighted by atomic mass is 10.1. The van der Waals surface area contributed by atoms with E-state index in [9.17, 15) is 4.39 Å². The second-order valence-electron chi connectivity index (χ2n) is 4.11. The van der Waals surface area contributed by atoms with Crippen molar-refractivity contribution in [1.29, 1.82) is 0 Å². The molecule has 0 saturated heterocycles. The second kappa shape index (κ2) is 5.94. The maximum absolute atomic E-state index is 13.0. The van der Waals surface area contributed by atoms with Crippen LogP contribution < -0.4 is 5.32 Å². The SMILES string of the molecule is CC(NCCc1cccc(F)c1)c1ccsc1. The van der Waals surface area contributed by atoms with Gasteiger partial charge in [-0.05, 0) is 60.0 Å². The lowest BCUT2D eigenvalue weighted by Gasteiger charge is -2.12. The molecule has 0 radical (unpaired) electrons. The molecule has 1 atom stereocenters. The van der Waals surface area contributed by atoms with Crippen molar-refractivity contribution in [2.45, 2.75) is 19.4 Å². The largest absolute Gasteiger partial charge is 0.310 e. The summed E-state index contributed by atoms with van der Waals surface area (Å²) in [7, 11) is 0. The van der Waals surface area contributed by atoms with E-state index >= 15 is 0 Å². The molecule has 0 aliphatic heterocycles. The van der Waals surface area contributed by atoms with Crippen molar-refractivity contribution in [3.8, 4) is 0 Å². The highest BCUT2D eigenvalue weighted by Crippen LogP contribution is 2.15. The van der Waals surface area contributed by atoms with Gasteiger partial charge in [0.25, 0.3) is 0 Å². The Labute approximate surface area is 105 Å². The van der Waals surface area contributed by atoms with Crippen molar-refractivity contribution < 1.29 is 4.39 Å². The Balaban J connectivity index is 1.80. The number of halogens is 1. The van der Waals surface area contributed by atoms with Crippen LogP contribution in [0.1, 0.15) is 24.1 Å². The van der Waals surface area contributed by atoms with E-state index < -0.39 is 0 Å². The summed E-state index contributed by atoms with van der Waals surface area (Å²) >= 11 is 1.71. The lowest BCUT2D eigenvalue weighted by molar-refractivity contribution is 0.576. The van der Waals surface area contributed by atoms with Gasteiger partial charge in [0.15, 0.2) is 0 Å². The van der Waals surface area contributed by atoms with E-state index in [2.05, 4.69) is 29.1 Å². The zero-order valence-electron chi connectivity index (χ0n) is 9.82. The predicted octanol–water partition coefficient (Wildman–Crippen LogP) is 3.78. The quantitative estimate of drug-likeness (QED) is 0.850. The first-order chi connectivity index (χ1) is 8.25. The molecule has 1 N–H and O–H groups in total. The van der Waals surface area contributed by atoms with E-state index in [4.69, 9.17) is 0 Å². The summed E-state index contributed by atoms with van der Waals surface area (Å²) in [6.45, 7) is 3.01. The molecule has 90 valence electrons. The van der Waals surface area contributed by atoms with E-state index in [1.54, 1.807) is 23.5 Å². The van der Waals surface area contributed by atoms with Crippen LogP contribution in [0.2, 0.25) is 0 Å². The molecule has 1 nitrogen and oxygen atoms in total. The van der Waals surface area contributed by atoms with E-state index in [1.807, 2.05) is 6.07 Å². The van der Waals surface area contributed by atoms with Crippen LogP contribution in [0, 0.1) is 5.82 Å². The molecule has 0 spiro atoms. The van der Waals surface area contributed by atoms with Crippen LogP contribution in [-0.2, 0) is 6.42 Å². The van der Waals surface area contributed by atoms with Gasteiger partial charge in [-0.3, -0.25) is 0 Å². The van der Waals surface area contributed by atoms with Gasteiger partial charge in [-0.15, -0.1) is 0 Å². The van der Waals surface area contributed by atoms with Gasteiger partial charge in [-0.2, -0.15) is 11.3 Å². The van der Waals surface area contributed by atoms with Crippen molar-refractivity contribution in [2.24, 2.45) is 0 Å². The molecule has 0 fully saturated rings. The first kappa shape index (κ1) is 12.3. The Morgan fingerprint density at radius 3 is 2.94 bits per heavy atom. The van der Waals surface area contributed by atoms with E-state index in [1.165, 1.54) is 11.6 Å². The molecule has 1 unspecified atom stereocenters. The zero-order chi connectivity index (χ0) is 12.1. The van der Waals surface area contributed by atoms with Crippen LogP contribution in [0.3, 0.4) is 0 Å². The molecule has 0 aliphatic rings. The first-order valence-corrected chi connectivity index (χ1v) is 6.70. The molecule has 2 aromatic rings. The molecule has 1 aromatic heterocycles. The third-order valence-corrected chi connectivity index (χ3v) is 3.50. The van der Waals surface area contributed by atoms with Gasteiger partial charge >= 0.3 is 0 Å². The molecule has 0 amide bonds. The minimum absolute atomic E-state index is 0.159. The van der Waals surface area contributed by atoms with Crippen LogP contribution in [-0.4, -0.2) is 6.54 Å². The van der Waals surface area contributed by atoms with Crippen LogP contribution in [0.4, 0.5) is 4.39 Å². The molecule has 0 aliphatic carbocycles. The molecule has 3 heteroatoms. The number of rotatable bonds is 5. The highest BCUT2D eigenvalue weighted by molar-refractivity contribution is 7.07. The fourth-order valence-corrected chi connectivity index (χ4v) is 2.52. The van der Waals surface area contributed by atoms with Gasteiger partial charge in [-0.1, -0.05) is 12.1 Å². The summed E-state index contributed by atoms with van der Waals surface area (Å²) in [5.41, 5.74) is 2.35. The monoisotopic (exact) mass is 249 g/mol. The molecule has 0 bridgehead atoms. The maximum Gasteiger partial charge on any atom is 0.123 e. The van der Waals surface area contributed by atoms with Crippen molar-refractivity contribution in [3.05, 3.63) is 58.0 Å². The minimum atomic E-state index is -0.159. The van der Waals surface area contributed by atoms with E-state index in [0.717, 1.165) is 18.5 Å². The summed E-state index contributed by atoms with van der Waals surface area (Å²) in [5.74, 6) is -0.159. The predicted molar refractivity (Wildman–Crippen MR) is 70.8 cm³/mol. The van der Waals surface area contributed by atoms with Gasteiger partial charge in [-0.25, -0.2) is 4.39 Å².